The Labute approximate surface area is 142 Å². The molecule has 24 heavy (non-hydrogen) atoms. The molecule has 0 saturated carbocycles. The molecule has 1 aromatic heterocycles. The molecule has 0 unspecified atom stereocenters. The summed E-state index contributed by atoms with van der Waals surface area (Å²) >= 11 is 0. The molecule has 1 aliphatic heterocycles. The molecule has 0 spiro atoms. The van der Waals surface area contributed by atoms with E-state index in [1.54, 1.807) is 0 Å². The first-order valence-electron chi connectivity index (χ1n) is 8.53. The van der Waals surface area contributed by atoms with Crippen LogP contribution in [0.3, 0.4) is 0 Å². The quantitative estimate of drug-likeness (QED) is 0.749. The van der Waals surface area contributed by atoms with Gasteiger partial charge in [-0.2, -0.15) is 0 Å². The van der Waals surface area contributed by atoms with Gasteiger partial charge in [0.15, 0.2) is 0 Å². The largest absolute Gasteiger partial charge is 0.460 e. The lowest BCUT2D eigenvalue weighted by Gasteiger charge is -2.34. The first-order valence-corrected chi connectivity index (χ1v) is 8.53. The SMILES string of the molecule is Nc1ccc2oc(CN3CCN(Cc4ccccc4)CC3)cc2c1. The van der Waals surface area contributed by atoms with Crippen LogP contribution in [0.2, 0.25) is 0 Å². The van der Waals surface area contributed by atoms with Crippen molar-refractivity contribution in [2.75, 3.05) is 31.9 Å². The summed E-state index contributed by atoms with van der Waals surface area (Å²) in [7, 11) is 0. The second-order valence-electron chi connectivity index (χ2n) is 6.55. The van der Waals surface area contributed by atoms with Crippen molar-refractivity contribution >= 4 is 16.7 Å². The van der Waals surface area contributed by atoms with Crippen molar-refractivity contribution in [3.05, 3.63) is 65.9 Å². The van der Waals surface area contributed by atoms with Crippen LogP contribution < -0.4 is 5.73 Å². The first-order chi connectivity index (χ1) is 11.8. The van der Waals surface area contributed by atoms with Gasteiger partial charge in [0.05, 0.1) is 6.54 Å². The number of fused-ring (bicyclic) bond motifs is 1. The Morgan fingerprint density at radius 3 is 2.29 bits per heavy atom. The Bertz CT molecular complexity index is 804. The van der Waals surface area contributed by atoms with E-state index < -0.39 is 0 Å². The molecule has 4 rings (SSSR count). The number of rotatable bonds is 4. The van der Waals surface area contributed by atoms with Crippen molar-refractivity contribution in [3.63, 3.8) is 0 Å². The second-order valence-corrected chi connectivity index (χ2v) is 6.55. The second kappa shape index (κ2) is 6.67. The smallest absolute Gasteiger partial charge is 0.134 e. The van der Waals surface area contributed by atoms with Crippen molar-refractivity contribution < 1.29 is 4.42 Å². The topological polar surface area (TPSA) is 45.6 Å². The molecule has 124 valence electrons. The minimum atomic E-state index is 0.782. The van der Waals surface area contributed by atoms with Gasteiger partial charge in [0.2, 0.25) is 0 Å². The van der Waals surface area contributed by atoms with E-state index in [1.165, 1.54) is 5.56 Å². The van der Waals surface area contributed by atoms with E-state index in [0.717, 1.165) is 61.7 Å². The summed E-state index contributed by atoms with van der Waals surface area (Å²) in [4.78, 5) is 4.98. The van der Waals surface area contributed by atoms with Crippen LogP contribution in [0.15, 0.2) is 59.0 Å². The van der Waals surface area contributed by atoms with Crippen LogP contribution >= 0.6 is 0 Å². The predicted molar refractivity (Wildman–Crippen MR) is 97.6 cm³/mol. The van der Waals surface area contributed by atoms with E-state index >= 15 is 0 Å². The fourth-order valence-corrected chi connectivity index (χ4v) is 3.36. The molecule has 1 aliphatic rings. The molecular weight excluding hydrogens is 298 g/mol. The summed E-state index contributed by atoms with van der Waals surface area (Å²) in [5, 5.41) is 1.09. The zero-order valence-corrected chi connectivity index (χ0v) is 13.8. The van der Waals surface area contributed by atoms with E-state index in [1.807, 2.05) is 18.2 Å². The van der Waals surface area contributed by atoms with E-state index in [-0.39, 0.29) is 0 Å². The zero-order valence-electron chi connectivity index (χ0n) is 13.8. The van der Waals surface area contributed by atoms with Crippen molar-refractivity contribution in [2.45, 2.75) is 13.1 Å². The minimum absolute atomic E-state index is 0.782. The van der Waals surface area contributed by atoms with E-state index in [4.69, 9.17) is 10.2 Å². The molecule has 0 aliphatic carbocycles. The summed E-state index contributed by atoms with van der Waals surface area (Å²) in [6, 6.07) is 18.6. The number of furan rings is 1. The van der Waals surface area contributed by atoms with Gasteiger partial charge in [0.25, 0.3) is 0 Å². The molecule has 4 heteroatoms. The van der Waals surface area contributed by atoms with E-state index in [9.17, 15) is 0 Å². The summed E-state index contributed by atoms with van der Waals surface area (Å²) in [6.07, 6.45) is 0. The summed E-state index contributed by atoms with van der Waals surface area (Å²) < 4.78 is 5.94. The number of hydrogen-bond acceptors (Lipinski definition) is 4. The van der Waals surface area contributed by atoms with Gasteiger partial charge in [-0.05, 0) is 29.8 Å². The Kier molecular flexibility index (Phi) is 4.24. The van der Waals surface area contributed by atoms with Crippen LogP contribution in [0.5, 0.6) is 0 Å². The number of piperazine rings is 1. The van der Waals surface area contributed by atoms with Gasteiger partial charge < -0.3 is 10.2 Å². The Hall–Kier alpha value is -2.30. The average molecular weight is 321 g/mol. The maximum atomic E-state index is 5.94. The normalized spacial score (nSPS) is 16.7. The molecule has 1 fully saturated rings. The van der Waals surface area contributed by atoms with Crippen LogP contribution in [0.4, 0.5) is 5.69 Å². The third-order valence-corrected chi connectivity index (χ3v) is 4.68. The van der Waals surface area contributed by atoms with Crippen LogP contribution in [0.1, 0.15) is 11.3 Å². The molecule has 0 atom stereocenters. The Balaban J connectivity index is 1.34. The standard InChI is InChI=1S/C20H23N3O/c21-18-6-7-20-17(12-18)13-19(24-20)15-23-10-8-22(9-11-23)14-16-4-2-1-3-5-16/h1-7,12-13H,8-11,14-15,21H2. The zero-order chi connectivity index (χ0) is 16.4. The van der Waals surface area contributed by atoms with Crippen LogP contribution in [0.25, 0.3) is 11.0 Å². The molecule has 2 heterocycles. The number of anilines is 1. The van der Waals surface area contributed by atoms with E-state index in [0.29, 0.717) is 0 Å². The minimum Gasteiger partial charge on any atom is -0.460 e. The van der Waals surface area contributed by atoms with Gasteiger partial charge in [-0.15, -0.1) is 0 Å². The molecule has 4 nitrogen and oxygen atoms in total. The Morgan fingerprint density at radius 1 is 0.833 bits per heavy atom. The summed E-state index contributed by atoms with van der Waals surface area (Å²) in [5.74, 6) is 1.02. The Morgan fingerprint density at radius 2 is 1.54 bits per heavy atom. The van der Waals surface area contributed by atoms with Crippen molar-refractivity contribution in [3.8, 4) is 0 Å². The van der Waals surface area contributed by atoms with Gasteiger partial charge in [-0.25, -0.2) is 0 Å². The number of nitrogens with zero attached hydrogens (tertiary/aromatic N) is 2. The highest BCUT2D eigenvalue weighted by molar-refractivity contribution is 5.81. The number of nitrogen functional groups attached to an aromatic ring is 1. The molecule has 0 amide bonds. The molecule has 0 radical (unpaired) electrons. The van der Waals surface area contributed by atoms with Crippen molar-refractivity contribution in [1.29, 1.82) is 0 Å². The van der Waals surface area contributed by atoms with E-state index in [2.05, 4.69) is 46.2 Å². The third-order valence-electron chi connectivity index (χ3n) is 4.68. The maximum Gasteiger partial charge on any atom is 0.134 e. The summed E-state index contributed by atoms with van der Waals surface area (Å²) in [6.45, 7) is 6.26. The highest BCUT2D eigenvalue weighted by Gasteiger charge is 2.18. The fraction of sp³-hybridized carbons (Fsp3) is 0.300. The third kappa shape index (κ3) is 3.45. The molecular formula is C20H23N3O. The maximum absolute atomic E-state index is 5.94. The molecule has 1 saturated heterocycles. The van der Waals surface area contributed by atoms with Crippen molar-refractivity contribution in [1.82, 2.24) is 9.80 Å². The summed E-state index contributed by atoms with van der Waals surface area (Å²) in [5.41, 5.74) is 8.93. The first kappa shape index (κ1) is 15.2. The molecule has 2 N–H and O–H groups in total. The van der Waals surface area contributed by atoms with Crippen LogP contribution in [-0.2, 0) is 13.1 Å². The lowest BCUT2D eigenvalue weighted by molar-refractivity contribution is 0.116. The van der Waals surface area contributed by atoms with Crippen LogP contribution in [0, 0.1) is 0 Å². The monoisotopic (exact) mass is 321 g/mol. The molecule has 2 aromatic carbocycles. The lowest BCUT2D eigenvalue weighted by atomic mass is 10.2. The highest BCUT2D eigenvalue weighted by atomic mass is 16.3. The van der Waals surface area contributed by atoms with Gasteiger partial charge in [0.1, 0.15) is 11.3 Å². The van der Waals surface area contributed by atoms with Crippen LogP contribution in [-0.4, -0.2) is 36.0 Å². The molecule has 3 aromatic rings. The van der Waals surface area contributed by atoms with Gasteiger partial charge in [0, 0.05) is 43.8 Å². The fourth-order valence-electron chi connectivity index (χ4n) is 3.36. The predicted octanol–water partition coefficient (Wildman–Crippen LogP) is 3.33. The van der Waals surface area contributed by atoms with Crippen molar-refractivity contribution in [2.24, 2.45) is 0 Å². The lowest BCUT2D eigenvalue weighted by Crippen LogP contribution is -2.45. The van der Waals surface area contributed by atoms with Gasteiger partial charge >= 0.3 is 0 Å². The highest BCUT2D eigenvalue weighted by Crippen LogP contribution is 2.23. The number of nitrogens with two attached hydrogens (primary N) is 1. The van der Waals surface area contributed by atoms with Gasteiger partial charge in [-0.3, -0.25) is 9.80 Å². The van der Waals surface area contributed by atoms with Gasteiger partial charge in [-0.1, -0.05) is 30.3 Å². The number of hydrogen-bond donors (Lipinski definition) is 1. The number of benzene rings is 2. The average Bonchev–Trinajstić information content (AvgIpc) is 2.99. The molecule has 0 bridgehead atoms.